The lowest BCUT2D eigenvalue weighted by Crippen LogP contribution is -2.17. The predicted octanol–water partition coefficient (Wildman–Crippen LogP) is 7.77. The van der Waals surface area contributed by atoms with E-state index in [-0.39, 0.29) is 0 Å². The Morgan fingerprint density at radius 2 is 1.35 bits per heavy atom. The molecule has 0 saturated carbocycles. The van der Waals surface area contributed by atoms with Crippen molar-refractivity contribution in [1.29, 1.82) is 0 Å². The molecule has 192 valence electrons. The van der Waals surface area contributed by atoms with Crippen LogP contribution in [-0.2, 0) is 16.3 Å². The second kappa shape index (κ2) is 8.34. The number of benzene rings is 5. The number of imidazole rings is 1. The van der Waals surface area contributed by atoms with Gasteiger partial charge in [-0.05, 0) is 56.9 Å². The molecule has 1 aliphatic rings. The number of pyridine rings is 1. The third-order valence-corrected chi connectivity index (χ3v) is 9.79. The highest BCUT2D eigenvalue weighted by Gasteiger charge is 2.35. The normalized spacial score (nSPS) is 13.6. The molecule has 0 spiro atoms. The van der Waals surface area contributed by atoms with Gasteiger partial charge in [-0.2, -0.15) is 0 Å². The monoisotopic (exact) mass is 537 g/mol. The molecular formula is C34H23N3O2S. The zero-order valence-corrected chi connectivity index (χ0v) is 22.5. The number of nitrogens with zero attached hydrogens (tertiary/aromatic N) is 3. The molecule has 6 heteroatoms. The summed E-state index contributed by atoms with van der Waals surface area (Å²) in [6.07, 6.45) is 4.36. The summed E-state index contributed by atoms with van der Waals surface area (Å²) in [5, 5.41) is 4.29. The molecule has 0 aliphatic carbocycles. The van der Waals surface area contributed by atoms with Crippen LogP contribution in [0.3, 0.4) is 0 Å². The Kier molecular flexibility index (Phi) is 4.82. The van der Waals surface area contributed by atoms with Gasteiger partial charge in [-0.1, -0.05) is 79.7 Å². The summed E-state index contributed by atoms with van der Waals surface area (Å²) in [7, 11) is -3.76. The number of fused-ring (bicyclic) bond motifs is 4. The van der Waals surface area contributed by atoms with Gasteiger partial charge in [-0.25, -0.2) is 13.4 Å². The van der Waals surface area contributed by atoms with E-state index in [2.05, 4.69) is 58.9 Å². The van der Waals surface area contributed by atoms with E-state index in [0.717, 1.165) is 49.6 Å². The lowest BCUT2D eigenvalue weighted by Gasteiger charge is -2.25. The van der Waals surface area contributed by atoms with E-state index in [1.807, 2.05) is 42.6 Å². The number of aromatic nitrogens is 3. The summed E-state index contributed by atoms with van der Waals surface area (Å²) in [5.74, 6) is 0.839. The van der Waals surface area contributed by atoms with E-state index >= 15 is 0 Å². The Hall–Kier alpha value is -4.81. The second-order valence-corrected chi connectivity index (χ2v) is 12.0. The standard InChI is InChI=1S/C34H23N3O2S/c1-2-30-36-27-16-8-18-29-34(27)37(30)33-26(15-7-17-28(33)40(29,38)39)32-24-13-5-3-11-22(24)31(21-10-9-19-35-20-21)23-12-4-6-14-25(23)32/h3-20H,2H2,1H3. The first-order valence-corrected chi connectivity index (χ1v) is 14.8. The van der Waals surface area contributed by atoms with Gasteiger partial charge in [0.05, 0.1) is 26.5 Å². The quantitative estimate of drug-likeness (QED) is 0.216. The minimum Gasteiger partial charge on any atom is -0.293 e. The van der Waals surface area contributed by atoms with Crippen LogP contribution in [-0.4, -0.2) is 23.0 Å². The molecule has 0 bridgehead atoms. The van der Waals surface area contributed by atoms with Crippen LogP contribution in [0.2, 0.25) is 0 Å². The molecule has 0 unspecified atom stereocenters. The van der Waals surface area contributed by atoms with Crippen LogP contribution in [0, 0.1) is 0 Å². The maximum Gasteiger partial charge on any atom is 0.210 e. The zero-order chi connectivity index (χ0) is 27.0. The van der Waals surface area contributed by atoms with Crippen LogP contribution < -0.4 is 0 Å². The third kappa shape index (κ3) is 2.99. The van der Waals surface area contributed by atoms with E-state index in [9.17, 15) is 8.42 Å². The molecule has 5 nitrogen and oxygen atoms in total. The van der Waals surface area contributed by atoms with Crippen LogP contribution >= 0.6 is 0 Å². The molecule has 0 atom stereocenters. The number of hydrogen-bond donors (Lipinski definition) is 0. The Morgan fingerprint density at radius 3 is 2.00 bits per heavy atom. The van der Waals surface area contributed by atoms with Gasteiger partial charge in [-0.3, -0.25) is 9.55 Å². The number of aryl methyl sites for hydroxylation is 1. The van der Waals surface area contributed by atoms with E-state index in [1.54, 1.807) is 24.4 Å². The number of sulfone groups is 1. The van der Waals surface area contributed by atoms with Gasteiger partial charge >= 0.3 is 0 Å². The van der Waals surface area contributed by atoms with Gasteiger partial charge in [0.25, 0.3) is 0 Å². The highest BCUT2D eigenvalue weighted by Crippen LogP contribution is 2.48. The summed E-state index contributed by atoms with van der Waals surface area (Å²) in [5.41, 5.74) is 6.05. The minimum absolute atomic E-state index is 0.308. The Bertz CT molecular complexity index is 2210. The first-order chi connectivity index (χ1) is 19.6. The summed E-state index contributed by atoms with van der Waals surface area (Å²) in [6.45, 7) is 2.06. The second-order valence-electron chi connectivity index (χ2n) is 10.1. The smallest absolute Gasteiger partial charge is 0.210 e. The first kappa shape index (κ1) is 23.1. The molecule has 40 heavy (non-hydrogen) atoms. The minimum atomic E-state index is -3.76. The molecule has 2 aromatic heterocycles. The Labute approximate surface area is 231 Å². The fraction of sp³-hybridized carbons (Fsp3) is 0.0588. The number of para-hydroxylation sites is 2. The molecule has 7 aromatic rings. The first-order valence-electron chi connectivity index (χ1n) is 13.3. The van der Waals surface area contributed by atoms with Crippen molar-refractivity contribution in [1.82, 2.24) is 14.5 Å². The molecule has 0 fully saturated rings. The lowest BCUT2D eigenvalue weighted by molar-refractivity contribution is 0.594. The lowest BCUT2D eigenvalue weighted by atomic mass is 9.86. The average Bonchev–Trinajstić information content (AvgIpc) is 3.38. The average molecular weight is 538 g/mol. The largest absolute Gasteiger partial charge is 0.293 e. The molecule has 1 aliphatic heterocycles. The van der Waals surface area contributed by atoms with Crippen molar-refractivity contribution < 1.29 is 8.42 Å². The molecule has 8 rings (SSSR count). The maximum absolute atomic E-state index is 14.1. The van der Waals surface area contributed by atoms with Crippen LogP contribution in [0.4, 0.5) is 0 Å². The van der Waals surface area contributed by atoms with Crippen molar-refractivity contribution in [3.05, 3.63) is 115 Å². The van der Waals surface area contributed by atoms with Crippen molar-refractivity contribution in [2.45, 2.75) is 23.1 Å². The number of hydrogen-bond acceptors (Lipinski definition) is 4. The van der Waals surface area contributed by atoms with Crippen LogP contribution in [0.25, 0.3) is 60.5 Å². The predicted molar refractivity (Wildman–Crippen MR) is 160 cm³/mol. The van der Waals surface area contributed by atoms with Crippen molar-refractivity contribution in [3.63, 3.8) is 0 Å². The van der Waals surface area contributed by atoms with Crippen molar-refractivity contribution in [2.24, 2.45) is 0 Å². The maximum atomic E-state index is 14.1. The van der Waals surface area contributed by atoms with E-state index in [1.165, 1.54) is 0 Å². The Balaban J connectivity index is 1.59. The highest BCUT2D eigenvalue weighted by molar-refractivity contribution is 7.92. The van der Waals surface area contributed by atoms with Gasteiger partial charge < -0.3 is 0 Å². The van der Waals surface area contributed by atoms with E-state index in [4.69, 9.17) is 4.98 Å². The highest BCUT2D eigenvalue weighted by atomic mass is 32.2. The molecular weight excluding hydrogens is 514 g/mol. The third-order valence-electron chi connectivity index (χ3n) is 7.98. The van der Waals surface area contributed by atoms with Gasteiger partial charge in [-0.15, -0.1) is 0 Å². The van der Waals surface area contributed by atoms with Gasteiger partial charge in [0.2, 0.25) is 9.84 Å². The summed E-state index contributed by atoms with van der Waals surface area (Å²) >= 11 is 0. The van der Waals surface area contributed by atoms with Crippen molar-refractivity contribution in [3.8, 4) is 27.9 Å². The fourth-order valence-electron chi connectivity index (χ4n) is 6.37. The molecule has 0 amide bonds. The summed E-state index contributed by atoms with van der Waals surface area (Å²) in [6, 6.07) is 31.8. The molecule has 0 N–H and O–H groups in total. The van der Waals surface area contributed by atoms with Crippen LogP contribution in [0.15, 0.2) is 119 Å². The van der Waals surface area contributed by atoms with Gasteiger partial charge in [0.15, 0.2) is 0 Å². The van der Waals surface area contributed by atoms with Gasteiger partial charge in [0.1, 0.15) is 5.82 Å². The van der Waals surface area contributed by atoms with E-state index in [0.29, 0.717) is 32.9 Å². The van der Waals surface area contributed by atoms with Gasteiger partial charge in [0, 0.05) is 29.9 Å². The van der Waals surface area contributed by atoms with E-state index < -0.39 is 9.84 Å². The molecule has 5 aromatic carbocycles. The fourth-order valence-corrected chi connectivity index (χ4v) is 8.03. The number of rotatable bonds is 3. The summed E-state index contributed by atoms with van der Waals surface area (Å²) < 4.78 is 30.2. The molecule has 0 saturated heterocycles. The Morgan fingerprint density at radius 1 is 0.700 bits per heavy atom. The van der Waals surface area contributed by atoms with Crippen LogP contribution in [0.5, 0.6) is 0 Å². The molecule has 0 radical (unpaired) electrons. The van der Waals surface area contributed by atoms with Crippen molar-refractivity contribution in [2.75, 3.05) is 0 Å². The zero-order valence-electron chi connectivity index (χ0n) is 21.7. The van der Waals surface area contributed by atoms with Crippen LogP contribution in [0.1, 0.15) is 12.7 Å². The molecule has 3 heterocycles. The van der Waals surface area contributed by atoms with Crippen molar-refractivity contribution >= 4 is 42.4 Å². The topological polar surface area (TPSA) is 64.8 Å². The SMILES string of the molecule is CCc1nc2cccc3c2n1-c1c(-c2c4ccccc4c(-c4cccnc4)c4ccccc24)cccc1S3(=O)=O. The summed E-state index contributed by atoms with van der Waals surface area (Å²) in [4.78, 5) is 9.90.